The summed E-state index contributed by atoms with van der Waals surface area (Å²) in [6.07, 6.45) is 0. The maximum Gasteiger partial charge on any atom is 0.636 e. The lowest BCUT2D eigenvalue weighted by molar-refractivity contribution is 0.334. The van der Waals surface area contributed by atoms with Gasteiger partial charge < -0.3 is 9.31 Å². The van der Waals surface area contributed by atoms with Gasteiger partial charge in [0.2, 0.25) is 34.9 Å². The smallest absolute Gasteiger partial charge is 0.521 e. The highest BCUT2D eigenvalue weighted by atomic mass is 19.2. The molecule has 48 heavy (non-hydrogen) atoms. The van der Waals surface area contributed by atoms with Gasteiger partial charge in [-0.1, -0.05) is 0 Å². The van der Waals surface area contributed by atoms with Gasteiger partial charge in [0.25, 0.3) is 0 Å². The Kier molecular flexibility index (Phi) is 8.64. The summed E-state index contributed by atoms with van der Waals surface area (Å²) in [6, 6.07) is 1.37. The zero-order chi connectivity index (χ0) is 35.7. The van der Waals surface area contributed by atoms with Crippen molar-refractivity contribution in [1.29, 1.82) is 0 Å². The molecule has 0 aliphatic rings. The van der Waals surface area contributed by atoms with Crippen LogP contribution in [0.15, 0.2) is 24.3 Å². The van der Waals surface area contributed by atoms with Crippen LogP contribution in [0.5, 0.6) is 11.5 Å². The van der Waals surface area contributed by atoms with E-state index >= 15 is 8.78 Å². The SMILES string of the molecule is Fc1ccc2c(OB(Oc3c(F)c(F)c(F)c(F)c3F)c3c(F)c(F)c(F)c(F)c3-c3c(F)c(F)c(F)c(F)c3F)ccc(F)c2c1F. The van der Waals surface area contributed by atoms with Crippen LogP contribution in [0.3, 0.4) is 0 Å². The van der Waals surface area contributed by atoms with E-state index in [9.17, 15) is 65.9 Å². The fraction of sp³-hybridized carbons (Fsp3) is 0. The minimum Gasteiger partial charge on any atom is -0.521 e. The lowest BCUT2D eigenvalue weighted by Crippen LogP contribution is -2.47. The van der Waals surface area contributed by atoms with E-state index in [0.717, 1.165) is 0 Å². The average Bonchev–Trinajstić information content (AvgIpc) is 3.06. The molecule has 5 rings (SSSR count). The van der Waals surface area contributed by atoms with E-state index in [1.807, 2.05) is 0 Å². The highest BCUT2D eigenvalue weighted by molar-refractivity contribution is 6.64. The summed E-state index contributed by atoms with van der Waals surface area (Å²) in [5.41, 5.74) is -7.56. The van der Waals surface area contributed by atoms with Gasteiger partial charge in [0.15, 0.2) is 63.9 Å². The van der Waals surface area contributed by atoms with E-state index in [-0.39, 0.29) is 12.1 Å². The highest BCUT2D eigenvalue weighted by Crippen LogP contribution is 2.38. The molecule has 5 aromatic rings. The molecule has 0 heterocycles. The monoisotopic (exact) mass is 706 g/mol. The third-order valence-corrected chi connectivity index (χ3v) is 6.61. The van der Waals surface area contributed by atoms with E-state index in [2.05, 4.69) is 4.65 Å². The molecule has 0 spiro atoms. The maximum absolute atomic E-state index is 15.5. The summed E-state index contributed by atoms with van der Waals surface area (Å²) in [5.74, 6) is -50.2. The van der Waals surface area contributed by atoms with Crippen molar-refractivity contribution in [2.75, 3.05) is 0 Å². The van der Waals surface area contributed by atoms with Crippen molar-refractivity contribution < 1.29 is 83.9 Å². The minimum absolute atomic E-state index is 0.239. The minimum atomic E-state index is -3.66. The zero-order valence-electron chi connectivity index (χ0n) is 22.1. The first-order valence-electron chi connectivity index (χ1n) is 12.2. The molecule has 0 aliphatic heterocycles. The van der Waals surface area contributed by atoms with Crippen molar-refractivity contribution in [3.8, 4) is 22.6 Å². The predicted molar refractivity (Wildman–Crippen MR) is 128 cm³/mol. The number of hydrogen-bond donors (Lipinski definition) is 0. The topological polar surface area (TPSA) is 18.5 Å². The van der Waals surface area contributed by atoms with E-state index in [4.69, 9.17) is 4.65 Å². The zero-order valence-corrected chi connectivity index (χ0v) is 22.1. The molecule has 0 amide bonds. The second kappa shape index (κ2) is 12.1. The third-order valence-electron chi connectivity index (χ3n) is 6.61. The molecule has 250 valence electrons. The average molecular weight is 706 g/mol. The summed E-state index contributed by atoms with van der Waals surface area (Å²) < 4.78 is 255. The van der Waals surface area contributed by atoms with E-state index < -0.39 is 145 Å². The predicted octanol–water partition coefficient (Wildman–Crippen LogP) is 8.72. The van der Waals surface area contributed by atoms with Gasteiger partial charge in [-0.3, -0.25) is 0 Å². The molecule has 0 saturated carbocycles. The van der Waals surface area contributed by atoms with E-state index in [0.29, 0.717) is 12.1 Å². The summed E-state index contributed by atoms with van der Waals surface area (Å²) in [6.45, 7) is 0. The number of rotatable bonds is 6. The Morgan fingerprint density at radius 2 is 0.771 bits per heavy atom. The molecular weight excluding hydrogens is 702 g/mol. The molecule has 0 saturated heterocycles. The Hall–Kier alpha value is -5.17. The molecule has 2 nitrogen and oxygen atoms in total. The van der Waals surface area contributed by atoms with Crippen molar-refractivity contribution in [1.82, 2.24) is 0 Å². The molecule has 0 fully saturated rings. The lowest BCUT2D eigenvalue weighted by Gasteiger charge is -2.23. The Morgan fingerprint density at radius 1 is 0.354 bits per heavy atom. The Balaban J connectivity index is 1.92. The van der Waals surface area contributed by atoms with Crippen molar-refractivity contribution in [2.45, 2.75) is 0 Å². The fourth-order valence-corrected chi connectivity index (χ4v) is 4.41. The molecule has 0 radical (unpaired) electrons. The molecule has 0 unspecified atom stereocenters. The first-order chi connectivity index (χ1) is 22.4. The van der Waals surface area contributed by atoms with Gasteiger partial charge in [-0.05, 0) is 24.3 Å². The van der Waals surface area contributed by atoms with Gasteiger partial charge in [0, 0.05) is 10.9 Å². The molecule has 0 aliphatic carbocycles. The van der Waals surface area contributed by atoms with E-state index in [1.165, 1.54) is 0 Å². The summed E-state index contributed by atoms with van der Waals surface area (Å²) in [4.78, 5) is 0. The Morgan fingerprint density at radius 3 is 1.29 bits per heavy atom. The summed E-state index contributed by atoms with van der Waals surface area (Å²) in [5, 5.41) is -2.31. The summed E-state index contributed by atoms with van der Waals surface area (Å²) in [7, 11) is -3.66. The fourth-order valence-electron chi connectivity index (χ4n) is 4.41. The van der Waals surface area contributed by atoms with Crippen LogP contribution in [0.2, 0.25) is 0 Å². The van der Waals surface area contributed by atoms with Crippen LogP contribution in [0.25, 0.3) is 21.9 Å². The second-order valence-electron chi connectivity index (χ2n) is 9.29. The first-order valence-corrected chi connectivity index (χ1v) is 12.2. The normalized spacial score (nSPS) is 11.4. The van der Waals surface area contributed by atoms with Crippen molar-refractivity contribution >= 4 is 23.4 Å². The van der Waals surface area contributed by atoms with Gasteiger partial charge in [-0.15, -0.1) is 0 Å². The Bertz CT molecular complexity index is 2130. The number of halogens is 17. The third kappa shape index (κ3) is 5.09. The lowest BCUT2D eigenvalue weighted by atomic mass is 9.72. The molecule has 0 atom stereocenters. The Labute approximate surface area is 253 Å². The molecule has 5 aromatic carbocycles. The standard InChI is InChI=1S/C28H4BF17O2/c30-6-3-4-8(5-1-2-7(31)13(32)9(5)6)47-29(48-28-26(45)24(43)23(42)25(44)27(28)46)12-10(14(33)18(37)21(40)17(12)36)11-15(34)19(38)22(41)20(39)16(11)35/h1-4H. The van der Waals surface area contributed by atoms with Crippen LogP contribution >= 0.6 is 0 Å². The maximum atomic E-state index is 15.5. The van der Waals surface area contributed by atoms with Crippen LogP contribution in [0.1, 0.15) is 0 Å². The van der Waals surface area contributed by atoms with E-state index in [1.54, 1.807) is 0 Å². The molecule has 0 N–H and O–H groups in total. The quantitative estimate of drug-likeness (QED) is 0.0762. The molecule has 0 aromatic heterocycles. The van der Waals surface area contributed by atoms with Crippen molar-refractivity contribution in [2.24, 2.45) is 0 Å². The first kappa shape index (κ1) is 34.2. The summed E-state index contributed by atoms with van der Waals surface area (Å²) >= 11 is 0. The van der Waals surface area contributed by atoms with Crippen LogP contribution in [0, 0.1) is 98.9 Å². The highest BCUT2D eigenvalue weighted by Gasteiger charge is 2.44. The van der Waals surface area contributed by atoms with Crippen molar-refractivity contribution in [3.05, 3.63) is 123 Å². The number of hydrogen-bond acceptors (Lipinski definition) is 2. The molecule has 0 bridgehead atoms. The number of fused-ring (bicyclic) bond motifs is 1. The van der Waals surface area contributed by atoms with Gasteiger partial charge in [-0.25, -0.2) is 65.9 Å². The van der Waals surface area contributed by atoms with Crippen LogP contribution in [-0.2, 0) is 0 Å². The second-order valence-corrected chi connectivity index (χ2v) is 9.29. The van der Waals surface area contributed by atoms with Gasteiger partial charge in [0.05, 0.1) is 16.4 Å². The number of benzene rings is 5. The van der Waals surface area contributed by atoms with Crippen molar-refractivity contribution in [3.63, 3.8) is 0 Å². The van der Waals surface area contributed by atoms with Crippen LogP contribution < -0.4 is 14.8 Å². The van der Waals surface area contributed by atoms with Gasteiger partial charge in [-0.2, -0.15) is 8.78 Å². The molecular formula is C28H4BF17O2. The molecule has 20 heteroatoms. The van der Waals surface area contributed by atoms with Gasteiger partial charge >= 0.3 is 7.12 Å². The van der Waals surface area contributed by atoms with Crippen LogP contribution in [0.4, 0.5) is 74.6 Å². The van der Waals surface area contributed by atoms with Crippen LogP contribution in [-0.4, -0.2) is 7.12 Å². The largest absolute Gasteiger partial charge is 0.636 e. The van der Waals surface area contributed by atoms with Gasteiger partial charge in [0.1, 0.15) is 11.6 Å².